The predicted octanol–water partition coefficient (Wildman–Crippen LogP) is 2.35. The maximum Gasteiger partial charge on any atom is 0.276 e. The van der Waals surface area contributed by atoms with Crippen LogP contribution >= 0.6 is 0 Å². The van der Waals surface area contributed by atoms with Crippen molar-refractivity contribution in [2.24, 2.45) is 0 Å². The molecule has 0 bridgehead atoms. The van der Waals surface area contributed by atoms with Gasteiger partial charge in [0.25, 0.3) is 5.91 Å². The fourth-order valence-electron chi connectivity index (χ4n) is 1.72. The van der Waals surface area contributed by atoms with Crippen LogP contribution in [-0.2, 0) is 0 Å². The Morgan fingerprint density at radius 2 is 1.95 bits per heavy atom. The number of aromatic nitrogens is 3. The minimum atomic E-state index is -0.697. The van der Waals surface area contributed by atoms with Gasteiger partial charge in [-0.2, -0.15) is 4.39 Å². The summed E-state index contributed by atoms with van der Waals surface area (Å²) < 4.78 is 12.9. The van der Waals surface area contributed by atoms with Crippen LogP contribution in [0.1, 0.15) is 10.5 Å². The molecule has 0 aliphatic heterocycles. The number of fused-ring (bicyclic) bond motifs is 1. The van der Waals surface area contributed by atoms with Gasteiger partial charge in [-0.25, -0.2) is 9.97 Å². The Bertz CT molecular complexity index is 720. The van der Waals surface area contributed by atoms with Crippen molar-refractivity contribution in [2.75, 3.05) is 5.32 Å². The van der Waals surface area contributed by atoms with E-state index in [1.807, 2.05) is 24.3 Å². The third-order valence-corrected chi connectivity index (χ3v) is 2.57. The van der Waals surface area contributed by atoms with Crippen LogP contribution in [0.5, 0.6) is 0 Å². The van der Waals surface area contributed by atoms with E-state index >= 15 is 0 Å². The van der Waals surface area contributed by atoms with Gasteiger partial charge in [0.15, 0.2) is 0 Å². The molecule has 0 aliphatic rings. The normalized spacial score (nSPS) is 10.6. The zero-order valence-corrected chi connectivity index (χ0v) is 9.72. The Labute approximate surface area is 107 Å². The second-order valence-corrected chi connectivity index (χ2v) is 3.90. The highest BCUT2D eigenvalue weighted by Gasteiger charge is 2.10. The Balaban J connectivity index is 1.86. The Morgan fingerprint density at radius 3 is 2.74 bits per heavy atom. The average Bonchev–Trinajstić information content (AvgIpc) is 2.80. The number of H-pyrrole nitrogens is 1. The Hall–Kier alpha value is -2.76. The number of nitrogens with one attached hydrogen (secondary N) is 2. The molecule has 6 heteroatoms. The zero-order valence-electron chi connectivity index (χ0n) is 9.72. The third-order valence-electron chi connectivity index (χ3n) is 2.57. The summed E-state index contributed by atoms with van der Waals surface area (Å²) in [6.45, 7) is 0. The fraction of sp³-hybridized carbons (Fsp3) is 0. The lowest BCUT2D eigenvalue weighted by Gasteiger charge is -2.00. The predicted molar refractivity (Wildman–Crippen MR) is 68.2 cm³/mol. The van der Waals surface area contributed by atoms with E-state index in [1.165, 1.54) is 18.2 Å². The number of anilines is 1. The summed E-state index contributed by atoms with van der Waals surface area (Å²) in [7, 11) is 0. The molecule has 5 nitrogen and oxygen atoms in total. The molecule has 0 atom stereocenters. The van der Waals surface area contributed by atoms with Crippen molar-refractivity contribution in [3.8, 4) is 0 Å². The molecule has 0 saturated heterocycles. The number of hydrogen-bond acceptors (Lipinski definition) is 3. The molecule has 0 saturated carbocycles. The third kappa shape index (κ3) is 2.28. The van der Waals surface area contributed by atoms with E-state index in [2.05, 4.69) is 20.3 Å². The van der Waals surface area contributed by atoms with Gasteiger partial charge in [-0.1, -0.05) is 18.2 Å². The first-order chi connectivity index (χ1) is 9.22. The van der Waals surface area contributed by atoms with Crippen molar-refractivity contribution in [1.29, 1.82) is 0 Å². The van der Waals surface area contributed by atoms with Crippen molar-refractivity contribution in [1.82, 2.24) is 15.0 Å². The lowest BCUT2D eigenvalue weighted by Crippen LogP contribution is -2.15. The van der Waals surface area contributed by atoms with E-state index in [1.54, 1.807) is 0 Å². The molecule has 3 aromatic rings. The fourth-order valence-corrected chi connectivity index (χ4v) is 1.72. The van der Waals surface area contributed by atoms with Crippen LogP contribution in [-0.4, -0.2) is 20.9 Å². The Morgan fingerprint density at radius 1 is 1.11 bits per heavy atom. The molecule has 94 valence electrons. The number of nitrogens with zero attached hydrogens (tertiary/aromatic N) is 2. The van der Waals surface area contributed by atoms with Gasteiger partial charge in [-0.05, 0) is 24.3 Å². The van der Waals surface area contributed by atoms with Crippen LogP contribution < -0.4 is 5.32 Å². The van der Waals surface area contributed by atoms with Gasteiger partial charge < -0.3 is 4.98 Å². The first-order valence-electron chi connectivity index (χ1n) is 5.61. The van der Waals surface area contributed by atoms with E-state index in [0.717, 1.165) is 11.0 Å². The van der Waals surface area contributed by atoms with Gasteiger partial charge in [0.05, 0.1) is 11.0 Å². The molecular weight excluding hydrogens is 247 g/mol. The van der Waals surface area contributed by atoms with E-state index in [4.69, 9.17) is 0 Å². The molecule has 1 aromatic carbocycles. The van der Waals surface area contributed by atoms with Gasteiger partial charge in [-0.15, -0.1) is 0 Å². The van der Waals surface area contributed by atoms with Gasteiger partial charge in [0, 0.05) is 0 Å². The van der Waals surface area contributed by atoms with Crippen molar-refractivity contribution < 1.29 is 9.18 Å². The monoisotopic (exact) mass is 256 g/mol. The molecule has 0 fully saturated rings. The first kappa shape index (κ1) is 11.3. The van der Waals surface area contributed by atoms with E-state index in [9.17, 15) is 9.18 Å². The van der Waals surface area contributed by atoms with E-state index in [-0.39, 0.29) is 5.69 Å². The van der Waals surface area contributed by atoms with Crippen LogP contribution in [0.3, 0.4) is 0 Å². The molecule has 0 spiro atoms. The highest BCUT2D eigenvalue weighted by molar-refractivity contribution is 6.02. The molecule has 19 heavy (non-hydrogen) atoms. The lowest BCUT2D eigenvalue weighted by molar-refractivity contribution is 0.102. The van der Waals surface area contributed by atoms with Crippen LogP contribution in [0.2, 0.25) is 0 Å². The summed E-state index contributed by atoms with van der Waals surface area (Å²) in [4.78, 5) is 22.5. The molecule has 0 radical (unpaired) electrons. The summed E-state index contributed by atoms with van der Waals surface area (Å²) in [6.07, 6.45) is 0. The number of aromatic amines is 1. The molecule has 1 amide bonds. The summed E-state index contributed by atoms with van der Waals surface area (Å²) in [5, 5.41) is 2.54. The van der Waals surface area contributed by atoms with Gasteiger partial charge in [0.2, 0.25) is 11.9 Å². The van der Waals surface area contributed by atoms with Crippen molar-refractivity contribution in [2.45, 2.75) is 0 Å². The van der Waals surface area contributed by atoms with Gasteiger partial charge in [0.1, 0.15) is 5.69 Å². The highest BCUT2D eigenvalue weighted by Crippen LogP contribution is 2.13. The molecule has 0 aliphatic carbocycles. The number of halogens is 1. The topological polar surface area (TPSA) is 70.7 Å². The van der Waals surface area contributed by atoms with Crippen LogP contribution in [0, 0.1) is 5.95 Å². The summed E-state index contributed by atoms with van der Waals surface area (Å²) in [5.41, 5.74) is 1.55. The smallest absolute Gasteiger partial charge is 0.276 e. The number of carbonyl (C=O) groups excluding carboxylic acids is 1. The van der Waals surface area contributed by atoms with Crippen LogP contribution in [0.4, 0.5) is 10.3 Å². The zero-order chi connectivity index (χ0) is 13.2. The standard InChI is InChI=1S/C13H9FN4O/c14-11-7-3-6-10(15-11)12(19)18-13-16-8-4-1-2-5-9(8)17-13/h1-7H,(H2,16,17,18,19). The Kier molecular flexibility index (Phi) is 2.68. The quantitative estimate of drug-likeness (QED) is 0.691. The largest absolute Gasteiger partial charge is 0.324 e. The van der Waals surface area contributed by atoms with Gasteiger partial charge in [-0.3, -0.25) is 10.1 Å². The SMILES string of the molecule is O=C(Nc1nc2ccccc2[nH]1)c1cccc(F)n1. The maximum atomic E-state index is 12.9. The number of hydrogen-bond donors (Lipinski definition) is 2. The summed E-state index contributed by atoms with van der Waals surface area (Å²) in [6, 6.07) is 11.4. The summed E-state index contributed by atoms with van der Waals surface area (Å²) >= 11 is 0. The number of benzene rings is 1. The maximum absolute atomic E-state index is 12.9. The second kappa shape index (κ2) is 4.49. The lowest BCUT2D eigenvalue weighted by atomic mass is 10.3. The molecule has 2 aromatic heterocycles. The number of rotatable bonds is 2. The molecule has 0 unspecified atom stereocenters. The van der Waals surface area contributed by atoms with Crippen molar-refractivity contribution in [3.63, 3.8) is 0 Å². The van der Waals surface area contributed by atoms with Gasteiger partial charge >= 0.3 is 0 Å². The van der Waals surface area contributed by atoms with E-state index in [0.29, 0.717) is 5.95 Å². The highest BCUT2D eigenvalue weighted by atomic mass is 19.1. The molecule has 2 N–H and O–H groups in total. The van der Waals surface area contributed by atoms with Crippen LogP contribution in [0.25, 0.3) is 11.0 Å². The number of para-hydroxylation sites is 2. The molecular formula is C13H9FN4O. The number of amides is 1. The minimum Gasteiger partial charge on any atom is -0.324 e. The summed E-state index contributed by atoms with van der Waals surface area (Å²) in [5.74, 6) is -0.909. The van der Waals surface area contributed by atoms with E-state index < -0.39 is 11.9 Å². The number of imidazole rings is 1. The van der Waals surface area contributed by atoms with Crippen molar-refractivity contribution in [3.05, 3.63) is 54.1 Å². The second-order valence-electron chi connectivity index (χ2n) is 3.90. The molecule has 3 rings (SSSR count). The van der Waals surface area contributed by atoms with Crippen LogP contribution in [0.15, 0.2) is 42.5 Å². The molecule has 2 heterocycles. The average molecular weight is 256 g/mol. The van der Waals surface area contributed by atoms with Crippen molar-refractivity contribution >= 4 is 22.9 Å². The number of pyridine rings is 1. The minimum absolute atomic E-state index is 0.000422. The first-order valence-corrected chi connectivity index (χ1v) is 5.61. The number of carbonyl (C=O) groups is 1.